The highest BCUT2D eigenvalue weighted by atomic mass is 16.5. The van der Waals surface area contributed by atoms with Crippen molar-refractivity contribution in [1.82, 2.24) is 14.8 Å². The number of morpholine rings is 1. The summed E-state index contributed by atoms with van der Waals surface area (Å²) in [5, 5.41) is 1.30. The van der Waals surface area contributed by atoms with Gasteiger partial charge < -0.3 is 9.64 Å². The molecule has 0 aromatic rings. The molecule has 2 heterocycles. The van der Waals surface area contributed by atoms with Gasteiger partial charge in [0.15, 0.2) is 0 Å². The Morgan fingerprint density at radius 1 is 1.41 bits per heavy atom. The van der Waals surface area contributed by atoms with Crippen molar-refractivity contribution in [2.24, 2.45) is 5.84 Å². The van der Waals surface area contributed by atoms with E-state index in [1.165, 1.54) is 5.01 Å². The van der Waals surface area contributed by atoms with E-state index >= 15 is 0 Å². The molecule has 2 amide bonds. The quantitative estimate of drug-likeness (QED) is 0.545. The van der Waals surface area contributed by atoms with Crippen LogP contribution in [0.2, 0.25) is 0 Å². The van der Waals surface area contributed by atoms with Crippen LogP contribution in [0.4, 0.5) is 4.79 Å². The van der Waals surface area contributed by atoms with Crippen LogP contribution in [-0.4, -0.2) is 72.8 Å². The van der Waals surface area contributed by atoms with Crippen molar-refractivity contribution in [3.63, 3.8) is 0 Å². The maximum atomic E-state index is 11.8. The van der Waals surface area contributed by atoms with Crippen LogP contribution in [0.5, 0.6) is 0 Å². The predicted molar refractivity (Wildman–Crippen MR) is 64.3 cm³/mol. The van der Waals surface area contributed by atoms with E-state index in [4.69, 9.17) is 10.6 Å². The molecular formula is C11H22N4O2. The number of rotatable bonds is 3. The van der Waals surface area contributed by atoms with Gasteiger partial charge in [0.2, 0.25) is 0 Å². The highest BCUT2D eigenvalue weighted by Crippen LogP contribution is 2.11. The van der Waals surface area contributed by atoms with Crippen LogP contribution < -0.4 is 5.84 Å². The second-order valence-corrected chi connectivity index (χ2v) is 4.66. The lowest BCUT2D eigenvalue weighted by molar-refractivity contribution is -0.0404. The molecule has 0 aliphatic carbocycles. The number of urea groups is 1. The van der Waals surface area contributed by atoms with Gasteiger partial charge in [0.1, 0.15) is 0 Å². The SMILES string of the molecule is CCN1CCOC(CN2CCCN(N)C2=O)C1. The predicted octanol–water partition coefficient (Wildman–Crippen LogP) is -0.291. The first-order valence-corrected chi connectivity index (χ1v) is 6.35. The number of carbonyl (C=O) groups excluding carboxylic acids is 1. The topological polar surface area (TPSA) is 62.0 Å². The van der Waals surface area contributed by atoms with E-state index in [1.54, 1.807) is 4.90 Å². The molecule has 0 aromatic carbocycles. The lowest BCUT2D eigenvalue weighted by Crippen LogP contribution is -2.56. The van der Waals surface area contributed by atoms with Crippen molar-refractivity contribution in [2.75, 3.05) is 45.9 Å². The van der Waals surface area contributed by atoms with Gasteiger partial charge in [0.25, 0.3) is 0 Å². The molecule has 6 nitrogen and oxygen atoms in total. The van der Waals surface area contributed by atoms with E-state index < -0.39 is 0 Å². The van der Waals surface area contributed by atoms with Gasteiger partial charge in [-0.1, -0.05) is 6.92 Å². The number of ether oxygens (including phenoxy) is 1. The fourth-order valence-electron chi connectivity index (χ4n) is 2.40. The Morgan fingerprint density at radius 2 is 2.24 bits per heavy atom. The summed E-state index contributed by atoms with van der Waals surface area (Å²) < 4.78 is 5.70. The van der Waals surface area contributed by atoms with Gasteiger partial charge in [-0.25, -0.2) is 10.6 Å². The summed E-state index contributed by atoms with van der Waals surface area (Å²) in [7, 11) is 0. The Balaban J connectivity index is 1.85. The van der Waals surface area contributed by atoms with Crippen molar-refractivity contribution in [3.05, 3.63) is 0 Å². The maximum Gasteiger partial charge on any atom is 0.334 e. The molecule has 0 radical (unpaired) electrons. The third-order valence-corrected chi connectivity index (χ3v) is 3.44. The van der Waals surface area contributed by atoms with Gasteiger partial charge in [0.05, 0.1) is 12.7 Å². The first-order chi connectivity index (χ1) is 8.20. The molecule has 2 N–H and O–H groups in total. The van der Waals surface area contributed by atoms with Crippen molar-refractivity contribution in [3.8, 4) is 0 Å². The first kappa shape index (κ1) is 12.6. The largest absolute Gasteiger partial charge is 0.374 e. The zero-order chi connectivity index (χ0) is 12.3. The highest BCUT2D eigenvalue weighted by Gasteiger charge is 2.28. The molecule has 2 saturated heterocycles. The molecule has 6 heteroatoms. The molecule has 0 aromatic heterocycles. The van der Waals surface area contributed by atoms with Crippen LogP contribution in [0.3, 0.4) is 0 Å². The Hall–Kier alpha value is -0.850. The summed E-state index contributed by atoms with van der Waals surface area (Å²) in [6.07, 6.45) is 1.06. The summed E-state index contributed by atoms with van der Waals surface area (Å²) in [5.41, 5.74) is 0. The number of hydrogen-bond donors (Lipinski definition) is 1. The average molecular weight is 242 g/mol. The Labute approximate surface area is 102 Å². The van der Waals surface area contributed by atoms with Crippen LogP contribution in [0.1, 0.15) is 13.3 Å². The van der Waals surface area contributed by atoms with Crippen LogP contribution >= 0.6 is 0 Å². The van der Waals surface area contributed by atoms with Crippen LogP contribution in [-0.2, 0) is 4.74 Å². The third-order valence-electron chi connectivity index (χ3n) is 3.44. The molecule has 0 saturated carbocycles. The van der Waals surface area contributed by atoms with Crippen molar-refractivity contribution in [1.29, 1.82) is 0 Å². The van der Waals surface area contributed by atoms with E-state index in [2.05, 4.69) is 11.8 Å². The van der Waals surface area contributed by atoms with Gasteiger partial charge in [-0.3, -0.25) is 9.91 Å². The van der Waals surface area contributed by atoms with Gasteiger partial charge in [-0.15, -0.1) is 0 Å². The van der Waals surface area contributed by atoms with E-state index in [0.29, 0.717) is 13.1 Å². The molecule has 1 atom stereocenters. The Kier molecular flexibility index (Phi) is 4.20. The van der Waals surface area contributed by atoms with Gasteiger partial charge in [0, 0.05) is 32.7 Å². The van der Waals surface area contributed by atoms with Gasteiger partial charge >= 0.3 is 6.03 Å². The number of hydrazine groups is 1. The minimum absolute atomic E-state index is 0.0755. The monoisotopic (exact) mass is 242 g/mol. The summed E-state index contributed by atoms with van der Waals surface area (Å²) in [6.45, 7) is 7.94. The summed E-state index contributed by atoms with van der Waals surface area (Å²) in [5.74, 6) is 5.62. The fourth-order valence-corrected chi connectivity index (χ4v) is 2.40. The van der Waals surface area contributed by atoms with Crippen LogP contribution in [0, 0.1) is 0 Å². The smallest absolute Gasteiger partial charge is 0.334 e. The lowest BCUT2D eigenvalue weighted by atomic mass is 10.2. The fraction of sp³-hybridized carbons (Fsp3) is 0.909. The third kappa shape index (κ3) is 3.08. The molecular weight excluding hydrogens is 220 g/mol. The average Bonchev–Trinajstić information content (AvgIpc) is 2.35. The van der Waals surface area contributed by atoms with Gasteiger partial charge in [-0.05, 0) is 13.0 Å². The zero-order valence-corrected chi connectivity index (χ0v) is 10.5. The molecule has 2 aliphatic rings. The van der Waals surface area contributed by atoms with Crippen molar-refractivity contribution >= 4 is 6.03 Å². The van der Waals surface area contributed by atoms with E-state index in [9.17, 15) is 4.79 Å². The number of nitrogens with two attached hydrogens (primary N) is 1. The molecule has 0 spiro atoms. The molecule has 17 heavy (non-hydrogen) atoms. The summed E-state index contributed by atoms with van der Waals surface area (Å²) in [4.78, 5) is 16.0. The van der Waals surface area contributed by atoms with Crippen molar-refractivity contribution < 1.29 is 9.53 Å². The first-order valence-electron chi connectivity index (χ1n) is 6.35. The molecule has 0 bridgehead atoms. The second-order valence-electron chi connectivity index (χ2n) is 4.66. The van der Waals surface area contributed by atoms with E-state index in [1.807, 2.05) is 0 Å². The summed E-state index contributed by atoms with van der Waals surface area (Å²) in [6, 6.07) is -0.0755. The summed E-state index contributed by atoms with van der Waals surface area (Å²) >= 11 is 0. The molecule has 2 aliphatic heterocycles. The minimum atomic E-state index is -0.0755. The Morgan fingerprint density at radius 3 is 3.00 bits per heavy atom. The maximum absolute atomic E-state index is 11.8. The number of amides is 2. The standard InChI is InChI=1S/C11H22N4O2/c1-2-13-6-7-17-10(8-13)9-14-4-3-5-15(12)11(14)16/h10H,2-9,12H2,1H3. The van der Waals surface area contributed by atoms with Crippen molar-refractivity contribution in [2.45, 2.75) is 19.4 Å². The number of likely N-dealkylation sites (N-methyl/N-ethyl adjacent to an activating group) is 1. The van der Waals surface area contributed by atoms with E-state index in [0.717, 1.165) is 39.2 Å². The van der Waals surface area contributed by atoms with E-state index in [-0.39, 0.29) is 12.1 Å². The van der Waals surface area contributed by atoms with Crippen LogP contribution in [0.25, 0.3) is 0 Å². The minimum Gasteiger partial charge on any atom is -0.374 e. The molecule has 2 rings (SSSR count). The second kappa shape index (κ2) is 5.66. The normalized spacial score (nSPS) is 27.6. The zero-order valence-electron chi connectivity index (χ0n) is 10.5. The number of nitrogens with zero attached hydrogens (tertiary/aromatic N) is 3. The molecule has 2 fully saturated rings. The van der Waals surface area contributed by atoms with Crippen LogP contribution in [0.15, 0.2) is 0 Å². The highest BCUT2D eigenvalue weighted by molar-refractivity contribution is 5.74. The number of hydrogen-bond acceptors (Lipinski definition) is 4. The lowest BCUT2D eigenvalue weighted by Gasteiger charge is -2.38. The number of carbonyl (C=O) groups is 1. The molecule has 1 unspecified atom stereocenters. The van der Waals surface area contributed by atoms with Gasteiger partial charge in [-0.2, -0.15) is 0 Å². The molecule has 98 valence electrons. The Bertz CT molecular complexity index is 274.